The highest BCUT2D eigenvalue weighted by Crippen LogP contribution is 2.18. The van der Waals surface area contributed by atoms with Crippen molar-refractivity contribution in [3.8, 4) is 0 Å². The van der Waals surface area contributed by atoms with Crippen molar-refractivity contribution in [1.82, 2.24) is 20.3 Å². The molecule has 2 amide bonds. The lowest BCUT2D eigenvalue weighted by Crippen LogP contribution is -2.49. The quantitative estimate of drug-likeness (QED) is 0.880. The smallest absolute Gasteiger partial charge is 0.317 e. The molecule has 7 heteroatoms. The van der Waals surface area contributed by atoms with Crippen molar-refractivity contribution in [2.24, 2.45) is 0 Å². The van der Waals surface area contributed by atoms with E-state index in [1.165, 1.54) is 12.8 Å². The van der Waals surface area contributed by atoms with E-state index in [2.05, 4.69) is 15.4 Å². The maximum atomic E-state index is 12.5. The third-order valence-corrected chi connectivity index (χ3v) is 5.32. The van der Waals surface area contributed by atoms with Crippen molar-refractivity contribution >= 4 is 6.03 Å². The summed E-state index contributed by atoms with van der Waals surface area (Å²) >= 11 is 0. The van der Waals surface area contributed by atoms with Crippen LogP contribution in [-0.4, -0.2) is 66.4 Å². The van der Waals surface area contributed by atoms with Crippen LogP contribution in [0.2, 0.25) is 0 Å². The number of urea groups is 1. The second-order valence-electron chi connectivity index (χ2n) is 7.32. The van der Waals surface area contributed by atoms with E-state index in [1.807, 2.05) is 20.9 Å². The van der Waals surface area contributed by atoms with Crippen LogP contribution in [-0.2, 0) is 11.3 Å². The predicted octanol–water partition coefficient (Wildman–Crippen LogP) is 2.08. The van der Waals surface area contributed by atoms with Gasteiger partial charge in [-0.15, -0.1) is 0 Å². The third-order valence-electron chi connectivity index (χ3n) is 5.32. The van der Waals surface area contributed by atoms with Gasteiger partial charge < -0.3 is 24.4 Å². The van der Waals surface area contributed by atoms with Crippen molar-refractivity contribution in [3.63, 3.8) is 0 Å². The van der Waals surface area contributed by atoms with E-state index in [9.17, 15) is 4.79 Å². The first kappa shape index (κ1) is 18.2. The number of nitrogens with zero attached hydrogens (tertiary/aromatic N) is 3. The van der Waals surface area contributed by atoms with Gasteiger partial charge in [-0.05, 0) is 39.5 Å². The van der Waals surface area contributed by atoms with Crippen LogP contribution in [0.3, 0.4) is 0 Å². The normalized spacial score (nSPS) is 22.3. The average Bonchev–Trinajstić information content (AvgIpc) is 3.21. The Kier molecular flexibility index (Phi) is 5.96. The molecule has 2 aliphatic rings. The van der Waals surface area contributed by atoms with E-state index in [1.54, 1.807) is 4.90 Å². The Bertz CT molecular complexity index is 555. The molecule has 2 fully saturated rings. The number of hydrogen-bond donors (Lipinski definition) is 1. The minimum Gasteiger partial charge on any atom is -0.377 e. The summed E-state index contributed by atoms with van der Waals surface area (Å²) in [5.41, 5.74) is 1.84. The van der Waals surface area contributed by atoms with Gasteiger partial charge in [0, 0.05) is 44.9 Å². The summed E-state index contributed by atoms with van der Waals surface area (Å²) in [6.45, 7) is 8.30. The maximum Gasteiger partial charge on any atom is 0.317 e. The Hall–Kier alpha value is -1.60. The van der Waals surface area contributed by atoms with Gasteiger partial charge in [-0.3, -0.25) is 0 Å². The fourth-order valence-electron chi connectivity index (χ4n) is 3.66. The Morgan fingerprint density at radius 2 is 2.08 bits per heavy atom. The molecule has 2 saturated heterocycles. The van der Waals surface area contributed by atoms with Crippen LogP contribution >= 0.6 is 0 Å². The number of rotatable bonds is 5. The van der Waals surface area contributed by atoms with Crippen LogP contribution in [0.5, 0.6) is 0 Å². The minimum atomic E-state index is -0.0300. The summed E-state index contributed by atoms with van der Waals surface area (Å²) in [6, 6.07) is 0.220. The van der Waals surface area contributed by atoms with Gasteiger partial charge >= 0.3 is 6.03 Å². The number of carbonyl (C=O) groups excluding carboxylic acids is 1. The Morgan fingerprint density at radius 1 is 1.32 bits per heavy atom. The van der Waals surface area contributed by atoms with Gasteiger partial charge in [-0.1, -0.05) is 5.16 Å². The molecule has 0 saturated carbocycles. The van der Waals surface area contributed by atoms with Crippen molar-refractivity contribution < 1.29 is 14.1 Å². The zero-order valence-electron chi connectivity index (χ0n) is 15.6. The number of aromatic nitrogens is 1. The van der Waals surface area contributed by atoms with Crippen LogP contribution in [0.25, 0.3) is 0 Å². The van der Waals surface area contributed by atoms with Gasteiger partial charge in [-0.25, -0.2) is 4.79 Å². The molecule has 3 heterocycles. The average molecular weight is 350 g/mol. The standard InChI is InChI=1S/C18H30N4O3/c1-13-17(14(2)25-20-13)12-21(3)18(23)19-15-6-8-22(9-7-15)11-16-5-4-10-24-16/h15-16H,4-12H2,1-3H3,(H,19,23)/t16-/m0/s1. The Balaban J connectivity index is 1.41. The molecule has 1 atom stereocenters. The molecule has 0 radical (unpaired) electrons. The molecule has 0 aromatic carbocycles. The second kappa shape index (κ2) is 8.19. The van der Waals surface area contributed by atoms with E-state index in [-0.39, 0.29) is 12.1 Å². The Labute approximate surface area is 149 Å². The lowest BCUT2D eigenvalue weighted by Gasteiger charge is -2.34. The van der Waals surface area contributed by atoms with Gasteiger partial charge in [0.05, 0.1) is 18.3 Å². The van der Waals surface area contributed by atoms with E-state index < -0.39 is 0 Å². The molecule has 25 heavy (non-hydrogen) atoms. The number of ether oxygens (including phenoxy) is 1. The molecule has 140 valence electrons. The monoisotopic (exact) mass is 350 g/mol. The zero-order chi connectivity index (χ0) is 17.8. The van der Waals surface area contributed by atoms with Crippen LogP contribution < -0.4 is 5.32 Å². The lowest BCUT2D eigenvalue weighted by atomic mass is 10.0. The lowest BCUT2D eigenvalue weighted by molar-refractivity contribution is 0.0629. The van der Waals surface area contributed by atoms with E-state index in [0.717, 1.165) is 56.1 Å². The molecule has 0 bridgehead atoms. The highest BCUT2D eigenvalue weighted by atomic mass is 16.5. The number of carbonyl (C=O) groups is 1. The number of piperidine rings is 1. The molecule has 1 N–H and O–H groups in total. The highest BCUT2D eigenvalue weighted by molar-refractivity contribution is 5.74. The fraction of sp³-hybridized carbons (Fsp3) is 0.778. The molecule has 3 rings (SSSR count). The van der Waals surface area contributed by atoms with Crippen molar-refractivity contribution in [1.29, 1.82) is 0 Å². The van der Waals surface area contributed by atoms with Gasteiger partial charge in [-0.2, -0.15) is 0 Å². The van der Waals surface area contributed by atoms with Gasteiger partial charge in [0.2, 0.25) is 0 Å². The molecule has 0 unspecified atom stereocenters. The van der Waals surface area contributed by atoms with Crippen LogP contribution in [0, 0.1) is 13.8 Å². The number of hydrogen-bond acceptors (Lipinski definition) is 5. The number of amides is 2. The highest BCUT2D eigenvalue weighted by Gasteiger charge is 2.25. The van der Waals surface area contributed by atoms with Crippen molar-refractivity contribution in [2.45, 2.75) is 58.2 Å². The summed E-state index contributed by atoms with van der Waals surface area (Å²) in [5.74, 6) is 0.777. The summed E-state index contributed by atoms with van der Waals surface area (Å²) in [4.78, 5) is 16.6. The number of aryl methyl sites for hydroxylation is 2. The topological polar surface area (TPSA) is 70.8 Å². The van der Waals surface area contributed by atoms with E-state index in [0.29, 0.717) is 12.6 Å². The largest absolute Gasteiger partial charge is 0.377 e. The predicted molar refractivity (Wildman–Crippen MR) is 94.4 cm³/mol. The van der Waals surface area contributed by atoms with Gasteiger partial charge in [0.1, 0.15) is 5.76 Å². The van der Waals surface area contributed by atoms with E-state index in [4.69, 9.17) is 9.26 Å². The molecule has 1 aromatic rings. The van der Waals surface area contributed by atoms with Crippen molar-refractivity contribution in [3.05, 3.63) is 17.0 Å². The number of likely N-dealkylation sites (tertiary alicyclic amines) is 1. The first-order chi connectivity index (χ1) is 12.0. The maximum absolute atomic E-state index is 12.5. The molecular formula is C18H30N4O3. The molecule has 0 spiro atoms. The molecule has 2 aliphatic heterocycles. The SMILES string of the molecule is Cc1noc(C)c1CN(C)C(=O)NC1CCN(C[C@@H]2CCCO2)CC1. The summed E-state index contributed by atoms with van der Waals surface area (Å²) in [6.07, 6.45) is 4.78. The Morgan fingerprint density at radius 3 is 2.68 bits per heavy atom. The minimum absolute atomic E-state index is 0.0300. The van der Waals surface area contributed by atoms with E-state index >= 15 is 0 Å². The first-order valence-corrected chi connectivity index (χ1v) is 9.30. The first-order valence-electron chi connectivity index (χ1n) is 9.30. The van der Waals surface area contributed by atoms with Crippen LogP contribution in [0.15, 0.2) is 4.52 Å². The molecule has 1 aromatic heterocycles. The van der Waals surface area contributed by atoms with Crippen LogP contribution in [0.4, 0.5) is 4.79 Å². The molecular weight excluding hydrogens is 320 g/mol. The van der Waals surface area contributed by atoms with Gasteiger partial charge in [0.15, 0.2) is 0 Å². The van der Waals surface area contributed by atoms with Crippen molar-refractivity contribution in [2.75, 3.05) is 33.3 Å². The fourth-order valence-corrected chi connectivity index (χ4v) is 3.66. The van der Waals surface area contributed by atoms with Gasteiger partial charge in [0.25, 0.3) is 0 Å². The summed E-state index contributed by atoms with van der Waals surface area (Å²) in [5, 5.41) is 7.11. The molecule has 7 nitrogen and oxygen atoms in total. The summed E-state index contributed by atoms with van der Waals surface area (Å²) in [7, 11) is 1.81. The molecule has 0 aliphatic carbocycles. The van der Waals surface area contributed by atoms with Crippen LogP contribution in [0.1, 0.15) is 42.7 Å². The number of nitrogens with one attached hydrogen (secondary N) is 1. The third kappa shape index (κ3) is 4.73. The zero-order valence-corrected chi connectivity index (χ0v) is 15.6. The summed E-state index contributed by atoms with van der Waals surface area (Å²) < 4.78 is 10.9. The second-order valence-corrected chi connectivity index (χ2v) is 7.32.